The molecular formula is C10H18N4O2S. The lowest BCUT2D eigenvalue weighted by Crippen LogP contribution is -2.28. The summed E-state index contributed by atoms with van der Waals surface area (Å²) in [5.74, 6) is 0.598. The van der Waals surface area contributed by atoms with Gasteiger partial charge in [-0.2, -0.15) is 0 Å². The van der Waals surface area contributed by atoms with Crippen LogP contribution in [0.5, 0.6) is 0 Å². The Bertz CT molecular complexity index is 464. The third kappa shape index (κ3) is 3.79. The molecule has 1 saturated carbocycles. The Kier molecular flexibility index (Phi) is 3.80. The number of imidazole rings is 1. The Morgan fingerprint density at radius 1 is 1.47 bits per heavy atom. The maximum Gasteiger partial charge on any atom is 0.257 e. The van der Waals surface area contributed by atoms with E-state index >= 15 is 0 Å². The van der Waals surface area contributed by atoms with Crippen LogP contribution in [0, 0.1) is 6.92 Å². The highest BCUT2D eigenvalue weighted by Crippen LogP contribution is 2.18. The van der Waals surface area contributed by atoms with Crippen LogP contribution in [0.2, 0.25) is 0 Å². The van der Waals surface area contributed by atoms with Crippen molar-refractivity contribution in [3.8, 4) is 0 Å². The average molecular weight is 258 g/mol. The van der Waals surface area contributed by atoms with Crippen molar-refractivity contribution in [3.05, 3.63) is 12.0 Å². The molecule has 1 aromatic rings. The number of aryl methyl sites for hydroxylation is 1. The molecule has 3 N–H and O–H groups in total. The molecule has 1 aliphatic rings. The summed E-state index contributed by atoms with van der Waals surface area (Å²) in [7, 11) is -3.42. The summed E-state index contributed by atoms with van der Waals surface area (Å²) >= 11 is 0. The van der Waals surface area contributed by atoms with E-state index in [0.717, 1.165) is 13.0 Å². The van der Waals surface area contributed by atoms with E-state index in [1.54, 1.807) is 6.92 Å². The first-order valence-electron chi connectivity index (χ1n) is 5.82. The number of nitrogens with one attached hydrogen (secondary N) is 3. The van der Waals surface area contributed by atoms with Crippen LogP contribution in [0.4, 0.5) is 0 Å². The van der Waals surface area contributed by atoms with E-state index in [9.17, 15) is 8.42 Å². The Morgan fingerprint density at radius 3 is 2.82 bits per heavy atom. The first-order valence-corrected chi connectivity index (χ1v) is 7.31. The highest BCUT2D eigenvalue weighted by Gasteiger charge is 2.20. The van der Waals surface area contributed by atoms with Gasteiger partial charge in [0.05, 0.1) is 6.20 Å². The van der Waals surface area contributed by atoms with Gasteiger partial charge in [-0.05, 0) is 32.7 Å². The Morgan fingerprint density at radius 2 is 2.24 bits per heavy atom. The minimum atomic E-state index is -3.42. The average Bonchev–Trinajstić information content (AvgIpc) is 2.98. The smallest absolute Gasteiger partial charge is 0.257 e. The van der Waals surface area contributed by atoms with Crippen molar-refractivity contribution < 1.29 is 8.42 Å². The van der Waals surface area contributed by atoms with Gasteiger partial charge in [0.25, 0.3) is 10.0 Å². The molecule has 7 heteroatoms. The summed E-state index contributed by atoms with van der Waals surface area (Å²) in [5, 5.41) is 3.46. The van der Waals surface area contributed by atoms with Crippen LogP contribution in [-0.2, 0) is 10.0 Å². The molecule has 1 heterocycles. The van der Waals surface area contributed by atoms with Crippen molar-refractivity contribution in [3.63, 3.8) is 0 Å². The maximum absolute atomic E-state index is 11.8. The lowest BCUT2D eigenvalue weighted by molar-refractivity contribution is 0.570. The third-order valence-electron chi connectivity index (χ3n) is 2.63. The van der Waals surface area contributed by atoms with Gasteiger partial charge in [-0.1, -0.05) is 0 Å². The SMILES string of the molecule is Cc1ncc(S(=O)(=O)NCCCNC2CC2)[nH]1. The van der Waals surface area contributed by atoms with Crippen LogP contribution >= 0.6 is 0 Å². The van der Waals surface area contributed by atoms with Crippen molar-refractivity contribution in [1.29, 1.82) is 0 Å². The fourth-order valence-electron chi connectivity index (χ4n) is 1.50. The monoisotopic (exact) mass is 258 g/mol. The predicted octanol–water partition coefficient (Wildman–Crippen LogP) is 0.139. The molecule has 0 bridgehead atoms. The largest absolute Gasteiger partial charge is 0.332 e. The fourth-order valence-corrected chi connectivity index (χ4v) is 2.54. The first-order chi connectivity index (χ1) is 8.08. The van der Waals surface area contributed by atoms with Crippen LogP contribution in [0.25, 0.3) is 0 Å². The molecule has 0 unspecified atom stereocenters. The highest BCUT2D eigenvalue weighted by atomic mass is 32.2. The van der Waals surface area contributed by atoms with E-state index in [0.29, 0.717) is 18.4 Å². The molecular weight excluding hydrogens is 240 g/mol. The molecule has 0 aromatic carbocycles. The van der Waals surface area contributed by atoms with Gasteiger partial charge in [-0.3, -0.25) is 0 Å². The molecule has 0 atom stereocenters. The zero-order valence-corrected chi connectivity index (χ0v) is 10.7. The van der Waals surface area contributed by atoms with Crippen LogP contribution in [0.15, 0.2) is 11.2 Å². The number of hydrogen-bond donors (Lipinski definition) is 3. The van der Waals surface area contributed by atoms with Gasteiger partial charge in [0.1, 0.15) is 5.82 Å². The molecule has 0 saturated heterocycles. The molecule has 2 rings (SSSR count). The Hall–Kier alpha value is -0.920. The van der Waals surface area contributed by atoms with Crippen molar-refractivity contribution in [1.82, 2.24) is 20.0 Å². The zero-order chi connectivity index (χ0) is 12.3. The topological polar surface area (TPSA) is 86.9 Å². The van der Waals surface area contributed by atoms with Gasteiger partial charge in [-0.25, -0.2) is 18.1 Å². The number of aromatic amines is 1. The van der Waals surface area contributed by atoms with E-state index < -0.39 is 10.0 Å². The van der Waals surface area contributed by atoms with Gasteiger partial charge in [0, 0.05) is 12.6 Å². The standard InChI is InChI=1S/C10H18N4O2S/c1-8-12-7-10(14-8)17(15,16)13-6-2-5-11-9-3-4-9/h7,9,11,13H,2-6H2,1H3,(H,12,14). The minimum absolute atomic E-state index is 0.130. The molecule has 1 aromatic heterocycles. The number of rotatable bonds is 7. The molecule has 6 nitrogen and oxygen atoms in total. The van der Waals surface area contributed by atoms with Crippen molar-refractivity contribution >= 4 is 10.0 Å². The quantitative estimate of drug-likeness (QED) is 0.607. The third-order valence-corrected chi connectivity index (χ3v) is 4.00. The van der Waals surface area contributed by atoms with E-state index in [2.05, 4.69) is 20.0 Å². The molecule has 17 heavy (non-hydrogen) atoms. The van der Waals surface area contributed by atoms with Crippen molar-refractivity contribution in [2.75, 3.05) is 13.1 Å². The predicted molar refractivity (Wildman–Crippen MR) is 64.2 cm³/mol. The summed E-state index contributed by atoms with van der Waals surface area (Å²) in [5.41, 5.74) is 0. The highest BCUT2D eigenvalue weighted by molar-refractivity contribution is 7.89. The lowest BCUT2D eigenvalue weighted by atomic mass is 10.4. The summed E-state index contributed by atoms with van der Waals surface area (Å²) in [4.78, 5) is 6.58. The minimum Gasteiger partial charge on any atom is -0.332 e. The Labute approximate surface area is 101 Å². The number of hydrogen-bond acceptors (Lipinski definition) is 4. The molecule has 0 spiro atoms. The van der Waals surface area contributed by atoms with Crippen LogP contribution in [0.3, 0.4) is 0 Å². The van der Waals surface area contributed by atoms with Gasteiger partial charge >= 0.3 is 0 Å². The van der Waals surface area contributed by atoms with Gasteiger partial charge < -0.3 is 10.3 Å². The Balaban J connectivity index is 1.73. The lowest BCUT2D eigenvalue weighted by Gasteiger charge is -2.05. The van der Waals surface area contributed by atoms with Crippen LogP contribution < -0.4 is 10.0 Å². The van der Waals surface area contributed by atoms with Gasteiger partial charge in [0.2, 0.25) is 0 Å². The normalized spacial score (nSPS) is 16.3. The number of nitrogens with zero attached hydrogens (tertiary/aromatic N) is 1. The fraction of sp³-hybridized carbons (Fsp3) is 0.700. The molecule has 96 valence electrons. The van der Waals surface area contributed by atoms with Crippen LogP contribution in [0.1, 0.15) is 25.1 Å². The summed E-state index contributed by atoms with van der Waals surface area (Å²) < 4.78 is 26.0. The second kappa shape index (κ2) is 5.16. The van der Waals surface area contributed by atoms with E-state index in [1.807, 2.05) is 0 Å². The molecule has 0 amide bonds. The van der Waals surface area contributed by atoms with Crippen molar-refractivity contribution in [2.45, 2.75) is 37.3 Å². The number of H-pyrrole nitrogens is 1. The van der Waals surface area contributed by atoms with Crippen molar-refractivity contribution in [2.24, 2.45) is 0 Å². The second-order valence-corrected chi connectivity index (χ2v) is 6.05. The number of aromatic nitrogens is 2. The van der Waals surface area contributed by atoms with Crippen LogP contribution in [-0.4, -0.2) is 37.5 Å². The summed E-state index contributed by atoms with van der Waals surface area (Å²) in [6.07, 6.45) is 4.63. The molecule has 0 aliphatic heterocycles. The van der Waals surface area contributed by atoms with E-state index in [4.69, 9.17) is 0 Å². The summed E-state index contributed by atoms with van der Waals surface area (Å²) in [6.45, 7) is 3.02. The second-order valence-electron chi connectivity index (χ2n) is 4.31. The number of sulfonamides is 1. The van der Waals surface area contributed by atoms with E-state index in [-0.39, 0.29) is 5.03 Å². The first kappa shape index (κ1) is 12.5. The van der Waals surface area contributed by atoms with Gasteiger partial charge in [0.15, 0.2) is 5.03 Å². The molecule has 1 aliphatic carbocycles. The van der Waals surface area contributed by atoms with E-state index in [1.165, 1.54) is 19.0 Å². The molecule has 0 radical (unpaired) electrons. The maximum atomic E-state index is 11.8. The summed E-state index contributed by atoms with van der Waals surface area (Å²) in [6, 6.07) is 0.668. The molecule has 1 fully saturated rings. The van der Waals surface area contributed by atoms with Gasteiger partial charge in [-0.15, -0.1) is 0 Å². The zero-order valence-electron chi connectivity index (χ0n) is 9.86.